The van der Waals surface area contributed by atoms with E-state index in [2.05, 4.69) is 21.9 Å². The third kappa shape index (κ3) is 6.83. The molecule has 7 atom stereocenters. The Morgan fingerprint density at radius 3 is 2.70 bits per heavy atom. The maximum absolute atomic E-state index is 14.1. The van der Waals surface area contributed by atoms with E-state index in [4.69, 9.17) is 15.2 Å². The maximum Gasteiger partial charge on any atom is 0.259 e. The van der Waals surface area contributed by atoms with Crippen LogP contribution in [-0.4, -0.2) is 78.7 Å². The number of sulfonamides is 1. The van der Waals surface area contributed by atoms with Crippen molar-refractivity contribution in [1.29, 1.82) is 0 Å². The molecule has 2 aliphatic heterocycles. The number of hydrogen-bond donors (Lipinski definition) is 3. The van der Waals surface area contributed by atoms with Gasteiger partial charge in [0.2, 0.25) is 27.7 Å². The Balaban J connectivity index is 1.30. The molecule has 1 saturated heterocycles. The smallest absolute Gasteiger partial charge is 0.259 e. The summed E-state index contributed by atoms with van der Waals surface area (Å²) in [5.74, 6) is -0.737. The minimum Gasteiger partial charge on any atom is -0.497 e. The lowest BCUT2D eigenvalue weighted by Crippen LogP contribution is -2.58. The molecule has 1 aromatic heterocycles. The summed E-state index contributed by atoms with van der Waals surface area (Å²) < 4.78 is 39.4. The van der Waals surface area contributed by atoms with E-state index < -0.39 is 50.8 Å². The number of methoxy groups -OCH3 is 1. The number of hydrogen-bond acceptors (Lipinski definition) is 9. The summed E-state index contributed by atoms with van der Waals surface area (Å²) in [6, 6.07) is 5.58. The van der Waals surface area contributed by atoms with Gasteiger partial charge >= 0.3 is 0 Å². The lowest BCUT2D eigenvalue weighted by Gasteiger charge is -2.31. The van der Waals surface area contributed by atoms with E-state index >= 15 is 0 Å². The number of rotatable bonds is 7. The molecular weight excluding hydrogens is 622 g/mol. The third-order valence-corrected chi connectivity index (χ3v) is 12.1. The number of amides is 3. The number of carbonyl (C=O) groups is 3. The average molecular weight is 668 g/mol. The average Bonchev–Trinajstić information content (AvgIpc) is 3.98. The molecule has 254 valence electrons. The zero-order valence-electron chi connectivity index (χ0n) is 27.2. The molecule has 4 N–H and O–H groups in total. The SMILES string of the molecule is CC[C@@H]1C[C@H](C)CCC=C[C@@H]2C[C@@]2(C(=O)NS(=O)(=O)C2CC2)NC(=O)[C@@H]2C[C@@H](Oc3nccc4cc(OC)ccc34)CN2C(=O)[C@H]1N. The summed E-state index contributed by atoms with van der Waals surface area (Å²) in [4.78, 5) is 47.8. The van der Waals surface area contributed by atoms with Gasteiger partial charge in [-0.2, -0.15) is 0 Å². The number of carbonyl (C=O) groups excluding carboxylic acids is 3. The van der Waals surface area contributed by atoms with E-state index in [-0.39, 0.29) is 37.1 Å². The van der Waals surface area contributed by atoms with Crippen LogP contribution in [0, 0.1) is 17.8 Å². The van der Waals surface area contributed by atoms with Crippen LogP contribution < -0.4 is 25.2 Å². The van der Waals surface area contributed by atoms with E-state index in [0.717, 1.165) is 30.0 Å². The second-order valence-electron chi connectivity index (χ2n) is 13.7. The van der Waals surface area contributed by atoms with Crippen molar-refractivity contribution in [2.24, 2.45) is 23.5 Å². The Morgan fingerprint density at radius 2 is 1.98 bits per heavy atom. The summed E-state index contributed by atoms with van der Waals surface area (Å²) in [6.07, 6.45) is 9.46. The molecule has 47 heavy (non-hydrogen) atoms. The van der Waals surface area contributed by atoms with Crippen molar-refractivity contribution < 1.29 is 32.3 Å². The molecule has 4 aliphatic rings. The molecule has 12 nitrogen and oxygen atoms in total. The molecular formula is C34H45N5O7S. The topological polar surface area (TPSA) is 170 Å². The first-order valence-electron chi connectivity index (χ1n) is 16.7. The second-order valence-corrected chi connectivity index (χ2v) is 15.6. The van der Waals surface area contributed by atoms with Crippen LogP contribution in [0.4, 0.5) is 0 Å². The van der Waals surface area contributed by atoms with Gasteiger partial charge in [-0.3, -0.25) is 19.1 Å². The minimum atomic E-state index is -3.84. The van der Waals surface area contributed by atoms with Crippen LogP contribution in [0.15, 0.2) is 42.6 Å². The van der Waals surface area contributed by atoms with Crippen LogP contribution in [0.3, 0.4) is 0 Å². The number of allylic oxidation sites excluding steroid dienone is 1. The quantitative estimate of drug-likeness (QED) is 0.376. The fourth-order valence-electron chi connectivity index (χ4n) is 7.09. The monoisotopic (exact) mass is 667 g/mol. The van der Waals surface area contributed by atoms with Crippen molar-refractivity contribution >= 4 is 38.5 Å². The third-order valence-electron chi connectivity index (χ3n) is 10.2. The van der Waals surface area contributed by atoms with Crippen LogP contribution in [-0.2, 0) is 24.4 Å². The van der Waals surface area contributed by atoms with Gasteiger partial charge in [0.15, 0.2) is 0 Å². The fourth-order valence-corrected chi connectivity index (χ4v) is 8.45. The van der Waals surface area contributed by atoms with E-state index in [1.54, 1.807) is 13.3 Å². The predicted octanol–water partition coefficient (Wildman–Crippen LogP) is 2.80. The number of pyridine rings is 1. The molecule has 1 aromatic carbocycles. The van der Waals surface area contributed by atoms with Crippen LogP contribution in [0.1, 0.15) is 65.2 Å². The highest BCUT2D eigenvalue weighted by atomic mass is 32.2. The van der Waals surface area contributed by atoms with Gasteiger partial charge in [0.25, 0.3) is 5.91 Å². The number of nitrogens with zero attached hydrogens (tertiary/aromatic N) is 2. The molecule has 0 bridgehead atoms. The van der Waals surface area contributed by atoms with Crippen molar-refractivity contribution in [2.45, 2.75) is 94.2 Å². The maximum atomic E-state index is 14.1. The fraction of sp³-hybridized carbons (Fsp3) is 0.588. The Morgan fingerprint density at radius 1 is 1.19 bits per heavy atom. The van der Waals surface area contributed by atoms with Crippen molar-refractivity contribution in [2.75, 3.05) is 13.7 Å². The van der Waals surface area contributed by atoms with E-state index in [1.807, 2.05) is 43.3 Å². The van der Waals surface area contributed by atoms with Crippen LogP contribution in [0.5, 0.6) is 11.6 Å². The molecule has 2 aliphatic carbocycles. The van der Waals surface area contributed by atoms with E-state index in [9.17, 15) is 22.8 Å². The lowest BCUT2D eigenvalue weighted by atomic mass is 9.85. The zero-order chi connectivity index (χ0) is 33.5. The predicted molar refractivity (Wildman–Crippen MR) is 176 cm³/mol. The van der Waals surface area contributed by atoms with Gasteiger partial charge in [-0.1, -0.05) is 32.4 Å². The van der Waals surface area contributed by atoms with Gasteiger partial charge in [-0.05, 0) is 80.0 Å². The Bertz CT molecular complexity index is 1680. The molecule has 3 heterocycles. The molecule has 3 amide bonds. The summed E-state index contributed by atoms with van der Waals surface area (Å²) in [6.45, 7) is 4.26. The molecule has 0 spiro atoms. The molecule has 3 fully saturated rings. The summed E-state index contributed by atoms with van der Waals surface area (Å²) >= 11 is 0. The van der Waals surface area contributed by atoms with Crippen LogP contribution >= 0.6 is 0 Å². The molecule has 0 unspecified atom stereocenters. The number of aromatic nitrogens is 1. The molecule has 2 saturated carbocycles. The number of fused-ring (bicyclic) bond motifs is 3. The number of nitrogens with two attached hydrogens (primary N) is 1. The van der Waals surface area contributed by atoms with Gasteiger partial charge in [0.1, 0.15) is 23.4 Å². The zero-order valence-corrected chi connectivity index (χ0v) is 28.0. The summed E-state index contributed by atoms with van der Waals surface area (Å²) in [5.41, 5.74) is 5.23. The largest absolute Gasteiger partial charge is 0.497 e. The van der Waals surface area contributed by atoms with Gasteiger partial charge in [-0.15, -0.1) is 0 Å². The Labute approximate surface area is 275 Å². The summed E-state index contributed by atoms with van der Waals surface area (Å²) in [5, 5.41) is 3.93. The Kier molecular flexibility index (Phi) is 9.23. The first kappa shape index (κ1) is 33.2. The highest BCUT2D eigenvalue weighted by molar-refractivity contribution is 7.91. The van der Waals surface area contributed by atoms with Gasteiger partial charge in [0.05, 0.1) is 24.9 Å². The van der Waals surface area contributed by atoms with Crippen molar-refractivity contribution in [3.05, 3.63) is 42.6 Å². The first-order valence-corrected chi connectivity index (χ1v) is 18.2. The van der Waals surface area contributed by atoms with Crippen molar-refractivity contribution in [3.63, 3.8) is 0 Å². The first-order chi connectivity index (χ1) is 22.5. The number of nitrogens with one attached hydrogen (secondary N) is 2. The van der Waals surface area contributed by atoms with Gasteiger partial charge in [-0.25, -0.2) is 13.4 Å². The van der Waals surface area contributed by atoms with Gasteiger partial charge in [0, 0.05) is 23.9 Å². The lowest BCUT2D eigenvalue weighted by molar-refractivity contribution is -0.141. The van der Waals surface area contributed by atoms with E-state index in [1.165, 1.54) is 4.90 Å². The Hall–Kier alpha value is -3.71. The minimum absolute atomic E-state index is 0.0804. The molecule has 0 radical (unpaired) electrons. The highest BCUT2D eigenvalue weighted by Crippen LogP contribution is 2.46. The second kappa shape index (κ2) is 13.1. The normalized spacial score (nSPS) is 31.6. The number of ether oxygens (including phenoxy) is 2. The molecule has 13 heteroatoms. The number of benzene rings is 1. The van der Waals surface area contributed by atoms with Crippen LogP contribution in [0.25, 0.3) is 10.8 Å². The van der Waals surface area contributed by atoms with E-state index in [0.29, 0.717) is 36.8 Å². The standard InChI is InChI=1S/C34H45N5O7S/c1-4-21-15-20(2)7-5-6-8-23-18-34(23,33(42)38-47(43,44)26-10-11-26)37-30(40)28-17-25(19-39(28)32(41)29(21)35)46-31-27-12-9-24(45-3)16-22(27)13-14-36-31/h6,8-9,12-14,16,20-21,23,25-26,28-29H,4-5,7,10-11,15,17-19,35H2,1-3H3,(H,37,40)(H,38,42)/t20-,21-,23-,25-,28+,29+,34-/m1/s1. The van der Waals surface area contributed by atoms with Crippen molar-refractivity contribution in [3.8, 4) is 11.6 Å². The molecule has 6 rings (SSSR count). The van der Waals surface area contributed by atoms with Crippen LogP contribution in [0.2, 0.25) is 0 Å². The highest BCUT2D eigenvalue weighted by Gasteiger charge is 2.62. The molecule has 2 aromatic rings. The summed E-state index contributed by atoms with van der Waals surface area (Å²) in [7, 11) is -2.24. The van der Waals surface area contributed by atoms with Gasteiger partial charge < -0.3 is 25.4 Å². The van der Waals surface area contributed by atoms with Crippen molar-refractivity contribution in [1.82, 2.24) is 19.9 Å².